The molecule has 0 heterocycles. The van der Waals surface area contributed by atoms with Gasteiger partial charge in [-0.2, -0.15) is 13.2 Å². The molecule has 2 rings (SSSR count). The van der Waals surface area contributed by atoms with Crippen LogP contribution in [0.3, 0.4) is 0 Å². The Hall–Kier alpha value is -1.12. The Morgan fingerprint density at radius 3 is 2.29 bits per heavy atom. The Morgan fingerprint density at radius 1 is 1.05 bits per heavy atom. The minimum Gasteiger partial charge on any atom is -0.271 e. The molecule has 2 nitrogen and oxygen atoms in total. The number of rotatable bonds is 3. The van der Waals surface area contributed by atoms with E-state index in [2.05, 4.69) is 28.0 Å². The normalized spacial score (nSPS) is 13.2. The van der Waals surface area contributed by atoms with Gasteiger partial charge in [-0.1, -0.05) is 36.4 Å². The number of benzene rings is 2. The highest BCUT2D eigenvalue weighted by Gasteiger charge is 2.35. The van der Waals surface area contributed by atoms with Crippen LogP contribution in [-0.2, 0) is 6.18 Å². The molecule has 1 unspecified atom stereocenters. The van der Waals surface area contributed by atoms with Gasteiger partial charge in [0.15, 0.2) is 0 Å². The summed E-state index contributed by atoms with van der Waals surface area (Å²) in [7, 11) is 0. The number of hydrazine groups is 1. The van der Waals surface area contributed by atoms with Crippen molar-refractivity contribution in [2.45, 2.75) is 19.1 Å². The average Bonchev–Trinajstić information content (AvgIpc) is 2.44. The molecule has 3 N–H and O–H groups in total. The number of nitrogens with one attached hydrogen (secondary N) is 1. The predicted molar refractivity (Wildman–Crippen MR) is 84.5 cm³/mol. The van der Waals surface area contributed by atoms with E-state index in [-0.39, 0.29) is 5.56 Å². The van der Waals surface area contributed by atoms with Gasteiger partial charge in [-0.3, -0.25) is 5.84 Å². The number of nitrogens with two attached hydrogens (primary N) is 1. The molecule has 0 radical (unpaired) electrons. The van der Waals surface area contributed by atoms with Crippen LogP contribution in [0, 0.1) is 10.5 Å². The molecule has 2 aromatic carbocycles. The van der Waals surface area contributed by atoms with Crippen LogP contribution in [0.15, 0.2) is 42.5 Å². The second-order valence-corrected chi connectivity index (χ2v) is 5.74. The highest BCUT2D eigenvalue weighted by atomic mass is 127. The van der Waals surface area contributed by atoms with Crippen LogP contribution in [0.4, 0.5) is 13.2 Å². The molecular formula is C15H14F3IN2. The molecule has 0 amide bonds. The van der Waals surface area contributed by atoms with Crippen LogP contribution in [0.25, 0.3) is 0 Å². The molecular weight excluding hydrogens is 392 g/mol. The van der Waals surface area contributed by atoms with E-state index < -0.39 is 17.8 Å². The van der Waals surface area contributed by atoms with Gasteiger partial charge in [-0.25, -0.2) is 5.43 Å². The number of hydrogen-bond donors (Lipinski definition) is 2. The quantitative estimate of drug-likeness (QED) is 0.456. The van der Waals surface area contributed by atoms with Gasteiger partial charge in [-0.05, 0) is 52.3 Å². The van der Waals surface area contributed by atoms with E-state index in [1.165, 1.54) is 12.1 Å². The van der Waals surface area contributed by atoms with Gasteiger partial charge in [-0.15, -0.1) is 0 Å². The molecule has 0 fully saturated rings. The first-order valence-corrected chi connectivity index (χ1v) is 7.31. The third-order valence-electron chi connectivity index (χ3n) is 3.28. The van der Waals surface area contributed by atoms with E-state index in [0.29, 0.717) is 0 Å². The summed E-state index contributed by atoms with van der Waals surface area (Å²) < 4.78 is 40.4. The Labute approximate surface area is 134 Å². The van der Waals surface area contributed by atoms with Crippen molar-refractivity contribution in [3.05, 3.63) is 68.3 Å². The van der Waals surface area contributed by atoms with Gasteiger partial charge in [0.05, 0.1) is 11.6 Å². The zero-order chi connectivity index (χ0) is 15.6. The highest BCUT2D eigenvalue weighted by Crippen LogP contribution is 2.37. The summed E-state index contributed by atoms with van der Waals surface area (Å²) in [6.07, 6.45) is -4.42. The first-order chi connectivity index (χ1) is 9.86. The lowest BCUT2D eigenvalue weighted by Crippen LogP contribution is -2.31. The van der Waals surface area contributed by atoms with Crippen molar-refractivity contribution >= 4 is 22.6 Å². The fourth-order valence-corrected chi connectivity index (χ4v) is 2.92. The lowest BCUT2D eigenvalue weighted by molar-refractivity contribution is -0.138. The fraction of sp³-hybridized carbons (Fsp3) is 0.200. The summed E-state index contributed by atoms with van der Waals surface area (Å²) >= 11 is 2.13. The molecule has 21 heavy (non-hydrogen) atoms. The highest BCUT2D eigenvalue weighted by molar-refractivity contribution is 14.1. The van der Waals surface area contributed by atoms with Crippen LogP contribution in [0.5, 0.6) is 0 Å². The Balaban J connectivity index is 2.60. The molecule has 112 valence electrons. The lowest BCUT2D eigenvalue weighted by Gasteiger charge is -2.23. The van der Waals surface area contributed by atoms with Crippen LogP contribution in [0.1, 0.15) is 28.3 Å². The fourth-order valence-electron chi connectivity index (χ4n) is 2.25. The average molecular weight is 406 g/mol. The summed E-state index contributed by atoms with van der Waals surface area (Å²) in [4.78, 5) is 0. The second-order valence-electron chi connectivity index (χ2n) is 4.66. The van der Waals surface area contributed by atoms with Gasteiger partial charge in [0.25, 0.3) is 0 Å². The summed E-state index contributed by atoms with van der Waals surface area (Å²) in [5.74, 6) is 5.55. The van der Waals surface area contributed by atoms with E-state index in [4.69, 9.17) is 5.84 Å². The molecule has 0 aliphatic rings. The topological polar surface area (TPSA) is 38.0 Å². The Kier molecular flexibility index (Phi) is 4.90. The van der Waals surface area contributed by atoms with Gasteiger partial charge in [0.2, 0.25) is 0 Å². The number of alkyl halides is 3. The lowest BCUT2D eigenvalue weighted by atomic mass is 9.94. The van der Waals surface area contributed by atoms with E-state index in [0.717, 1.165) is 20.8 Å². The van der Waals surface area contributed by atoms with E-state index in [1.807, 2.05) is 19.1 Å². The van der Waals surface area contributed by atoms with Gasteiger partial charge >= 0.3 is 6.18 Å². The van der Waals surface area contributed by atoms with Crippen molar-refractivity contribution < 1.29 is 13.2 Å². The standard InChI is InChI=1S/C15H14F3IN2/c1-9-5-4-7-11(13(9)19)14(21-20)10-6-2-3-8-12(10)15(16,17)18/h2-8,14,21H,20H2,1H3. The first kappa shape index (κ1) is 16.3. The van der Waals surface area contributed by atoms with Crippen LogP contribution < -0.4 is 11.3 Å². The number of halogens is 4. The second kappa shape index (κ2) is 6.33. The molecule has 0 aliphatic carbocycles. The van der Waals surface area contributed by atoms with Gasteiger partial charge in [0.1, 0.15) is 0 Å². The molecule has 2 aromatic rings. The first-order valence-electron chi connectivity index (χ1n) is 6.23. The predicted octanol–water partition coefficient (Wildman–Crippen LogP) is 4.17. The Bertz CT molecular complexity index is 641. The van der Waals surface area contributed by atoms with Crippen molar-refractivity contribution in [2.75, 3.05) is 0 Å². The monoisotopic (exact) mass is 406 g/mol. The van der Waals surface area contributed by atoms with E-state index in [9.17, 15) is 13.2 Å². The van der Waals surface area contributed by atoms with E-state index in [1.54, 1.807) is 12.1 Å². The molecule has 0 spiro atoms. The van der Waals surface area contributed by atoms with Crippen molar-refractivity contribution in [2.24, 2.45) is 5.84 Å². The number of aryl methyl sites for hydroxylation is 1. The molecule has 0 saturated heterocycles. The molecule has 0 aliphatic heterocycles. The van der Waals surface area contributed by atoms with Crippen LogP contribution >= 0.6 is 22.6 Å². The largest absolute Gasteiger partial charge is 0.416 e. The number of hydrogen-bond acceptors (Lipinski definition) is 2. The zero-order valence-electron chi connectivity index (χ0n) is 11.2. The van der Waals surface area contributed by atoms with Crippen molar-refractivity contribution in [3.8, 4) is 0 Å². The minimum atomic E-state index is -4.42. The van der Waals surface area contributed by atoms with Gasteiger partial charge in [0, 0.05) is 3.57 Å². The molecule has 0 saturated carbocycles. The third-order valence-corrected chi connectivity index (χ3v) is 4.75. The maximum atomic E-state index is 13.2. The smallest absolute Gasteiger partial charge is 0.271 e. The van der Waals surface area contributed by atoms with Crippen LogP contribution in [0.2, 0.25) is 0 Å². The molecule has 0 bridgehead atoms. The van der Waals surface area contributed by atoms with E-state index >= 15 is 0 Å². The third kappa shape index (κ3) is 3.38. The molecule has 6 heteroatoms. The minimum absolute atomic E-state index is 0.121. The maximum absolute atomic E-state index is 13.2. The summed E-state index contributed by atoms with van der Waals surface area (Å²) in [5, 5.41) is 0. The summed E-state index contributed by atoms with van der Waals surface area (Å²) in [5.41, 5.74) is 3.69. The Morgan fingerprint density at radius 2 is 1.67 bits per heavy atom. The zero-order valence-corrected chi connectivity index (χ0v) is 13.4. The SMILES string of the molecule is Cc1cccc(C(NN)c2ccccc2C(F)(F)F)c1I. The summed E-state index contributed by atoms with van der Waals surface area (Å²) in [6.45, 7) is 1.91. The van der Waals surface area contributed by atoms with Crippen LogP contribution in [-0.4, -0.2) is 0 Å². The maximum Gasteiger partial charge on any atom is 0.416 e. The molecule has 0 aromatic heterocycles. The summed E-state index contributed by atoms with van der Waals surface area (Å²) in [6, 6.07) is 10.3. The van der Waals surface area contributed by atoms with Crippen molar-refractivity contribution in [1.82, 2.24) is 5.43 Å². The van der Waals surface area contributed by atoms with Crippen molar-refractivity contribution in [1.29, 1.82) is 0 Å². The van der Waals surface area contributed by atoms with Gasteiger partial charge < -0.3 is 0 Å². The molecule has 1 atom stereocenters. The van der Waals surface area contributed by atoms with Crippen molar-refractivity contribution in [3.63, 3.8) is 0 Å².